The monoisotopic (exact) mass is 535 g/mol. The van der Waals surface area contributed by atoms with Crippen molar-refractivity contribution in [3.63, 3.8) is 0 Å². The summed E-state index contributed by atoms with van der Waals surface area (Å²) < 4.78 is 35.7. The lowest BCUT2D eigenvalue weighted by atomic mass is 10.1. The van der Waals surface area contributed by atoms with Crippen molar-refractivity contribution in [3.05, 3.63) is 28.2 Å². The standard InChI is InChI=1S/C16H24BrF2N3O2.HI/c1-5-20-15(22-10-16(2,3)23-4)21-9-11-8-12(17)6-7-13(11)24-14(18)19;/h6-8,14H,5,9-10H2,1-4H3,(H2,20,21,22);1H. The summed E-state index contributed by atoms with van der Waals surface area (Å²) in [6.07, 6.45) is 0. The van der Waals surface area contributed by atoms with Gasteiger partial charge >= 0.3 is 6.61 Å². The number of guanidine groups is 1. The Morgan fingerprint density at radius 3 is 2.56 bits per heavy atom. The number of methoxy groups -OCH3 is 1. The summed E-state index contributed by atoms with van der Waals surface area (Å²) in [5.41, 5.74) is 0.212. The molecule has 0 aliphatic rings. The molecule has 0 bridgehead atoms. The number of ether oxygens (including phenoxy) is 2. The van der Waals surface area contributed by atoms with E-state index in [1.165, 1.54) is 6.07 Å². The Hall–Kier alpha value is -0.680. The maximum Gasteiger partial charge on any atom is 0.387 e. The van der Waals surface area contributed by atoms with Crippen LogP contribution in [0.3, 0.4) is 0 Å². The Labute approximate surface area is 173 Å². The molecule has 144 valence electrons. The third-order valence-corrected chi connectivity index (χ3v) is 3.72. The number of benzene rings is 1. The first-order valence-electron chi connectivity index (χ1n) is 7.58. The molecule has 0 unspecified atom stereocenters. The van der Waals surface area contributed by atoms with Crippen LogP contribution in [-0.4, -0.2) is 38.4 Å². The van der Waals surface area contributed by atoms with Gasteiger partial charge < -0.3 is 20.1 Å². The largest absolute Gasteiger partial charge is 0.434 e. The van der Waals surface area contributed by atoms with E-state index in [0.717, 1.165) is 4.47 Å². The van der Waals surface area contributed by atoms with Crippen LogP contribution in [0.25, 0.3) is 0 Å². The lowest BCUT2D eigenvalue weighted by Gasteiger charge is -2.24. The predicted octanol–water partition coefficient (Wildman–Crippen LogP) is 4.15. The molecule has 0 atom stereocenters. The van der Waals surface area contributed by atoms with Crippen LogP contribution in [0.2, 0.25) is 0 Å². The fraction of sp³-hybridized carbons (Fsp3) is 0.562. The Morgan fingerprint density at radius 2 is 2.00 bits per heavy atom. The molecule has 1 aromatic carbocycles. The first-order chi connectivity index (χ1) is 11.3. The van der Waals surface area contributed by atoms with E-state index < -0.39 is 6.61 Å². The zero-order valence-corrected chi connectivity index (χ0v) is 18.7. The zero-order chi connectivity index (χ0) is 18.2. The highest BCUT2D eigenvalue weighted by atomic mass is 127. The molecule has 25 heavy (non-hydrogen) atoms. The number of hydrogen-bond donors (Lipinski definition) is 2. The third kappa shape index (κ3) is 9.55. The van der Waals surface area contributed by atoms with Crippen molar-refractivity contribution < 1.29 is 18.3 Å². The van der Waals surface area contributed by atoms with Crippen molar-refractivity contribution in [3.8, 4) is 5.75 Å². The number of rotatable bonds is 8. The maximum absolute atomic E-state index is 12.5. The van der Waals surface area contributed by atoms with Crippen molar-refractivity contribution in [2.24, 2.45) is 4.99 Å². The van der Waals surface area contributed by atoms with Gasteiger partial charge in [0.15, 0.2) is 5.96 Å². The number of hydrogen-bond acceptors (Lipinski definition) is 3. The van der Waals surface area contributed by atoms with Crippen molar-refractivity contribution in [2.45, 2.75) is 39.5 Å². The first-order valence-corrected chi connectivity index (χ1v) is 8.37. The average molecular weight is 536 g/mol. The topological polar surface area (TPSA) is 54.9 Å². The Kier molecular flexibility index (Phi) is 11.5. The molecule has 1 aromatic rings. The van der Waals surface area contributed by atoms with Gasteiger partial charge in [0.1, 0.15) is 5.75 Å². The van der Waals surface area contributed by atoms with E-state index in [0.29, 0.717) is 24.6 Å². The Bertz CT molecular complexity index is 560. The van der Waals surface area contributed by atoms with Gasteiger partial charge in [-0.05, 0) is 39.0 Å². The molecule has 0 radical (unpaired) electrons. The third-order valence-electron chi connectivity index (χ3n) is 3.22. The van der Waals surface area contributed by atoms with Crippen molar-refractivity contribution in [2.75, 3.05) is 20.2 Å². The first kappa shape index (κ1) is 24.3. The molecular formula is C16H25BrF2IN3O2. The van der Waals surface area contributed by atoms with E-state index >= 15 is 0 Å². The minimum absolute atomic E-state index is 0. The summed E-state index contributed by atoms with van der Waals surface area (Å²) in [6, 6.07) is 4.86. The molecule has 0 saturated carbocycles. The normalized spacial score (nSPS) is 11.9. The Morgan fingerprint density at radius 1 is 1.32 bits per heavy atom. The van der Waals surface area contributed by atoms with Crippen LogP contribution in [0.4, 0.5) is 8.78 Å². The smallest absolute Gasteiger partial charge is 0.387 e. The summed E-state index contributed by atoms with van der Waals surface area (Å²) in [7, 11) is 1.64. The summed E-state index contributed by atoms with van der Waals surface area (Å²) in [4.78, 5) is 4.42. The number of nitrogens with zero attached hydrogens (tertiary/aromatic N) is 1. The summed E-state index contributed by atoms with van der Waals surface area (Å²) in [6.45, 7) is 4.40. The van der Waals surface area contributed by atoms with Gasteiger partial charge in [-0.1, -0.05) is 15.9 Å². The van der Waals surface area contributed by atoms with Crippen LogP contribution in [0, 0.1) is 0 Å². The van der Waals surface area contributed by atoms with Gasteiger partial charge in [0.05, 0.1) is 12.1 Å². The molecule has 0 spiro atoms. The van der Waals surface area contributed by atoms with Crippen LogP contribution in [0.15, 0.2) is 27.7 Å². The zero-order valence-electron chi connectivity index (χ0n) is 14.7. The van der Waals surface area contributed by atoms with Crippen LogP contribution in [0.5, 0.6) is 5.75 Å². The van der Waals surface area contributed by atoms with Gasteiger partial charge in [-0.3, -0.25) is 0 Å². The van der Waals surface area contributed by atoms with Crippen LogP contribution in [-0.2, 0) is 11.3 Å². The molecule has 0 aliphatic heterocycles. The van der Waals surface area contributed by atoms with Crippen LogP contribution < -0.4 is 15.4 Å². The van der Waals surface area contributed by atoms with E-state index in [1.54, 1.807) is 19.2 Å². The Balaban J connectivity index is 0.00000576. The van der Waals surface area contributed by atoms with Gasteiger partial charge in [-0.15, -0.1) is 24.0 Å². The number of halogens is 4. The average Bonchev–Trinajstić information content (AvgIpc) is 2.52. The fourth-order valence-corrected chi connectivity index (χ4v) is 2.17. The highest BCUT2D eigenvalue weighted by Gasteiger charge is 2.16. The van der Waals surface area contributed by atoms with E-state index in [4.69, 9.17) is 4.74 Å². The van der Waals surface area contributed by atoms with Crippen LogP contribution >= 0.6 is 39.9 Å². The minimum Gasteiger partial charge on any atom is -0.434 e. The molecule has 1 rings (SSSR count). The van der Waals surface area contributed by atoms with Gasteiger partial charge in [0.2, 0.25) is 0 Å². The van der Waals surface area contributed by atoms with Crippen LogP contribution in [0.1, 0.15) is 26.3 Å². The number of alkyl halides is 2. The molecule has 0 aliphatic carbocycles. The summed E-state index contributed by atoms with van der Waals surface area (Å²) in [5.74, 6) is 0.690. The molecule has 0 aromatic heterocycles. The lowest BCUT2D eigenvalue weighted by Crippen LogP contribution is -2.45. The van der Waals surface area contributed by atoms with Gasteiger partial charge in [0, 0.05) is 30.2 Å². The van der Waals surface area contributed by atoms with Crippen molar-refractivity contribution in [1.29, 1.82) is 0 Å². The van der Waals surface area contributed by atoms with E-state index in [-0.39, 0.29) is 41.9 Å². The fourth-order valence-electron chi connectivity index (χ4n) is 1.76. The second-order valence-electron chi connectivity index (χ2n) is 5.64. The van der Waals surface area contributed by atoms with E-state index in [1.807, 2.05) is 20.8 Å². The highest BCUT2D eigenvalue weighted by Crippen LogP contribution is 2.25. The van der Waals surface area contributed by atoms with E-state index in [2.05, 4.69) is 36.3 Å². The highest BCUT2D eigenvalue weighted by molar-refractivity contribution is 14.0. The number of aliphatic imine (C=N–C) groups is 1. The second-order valence-corrected chi connectivity index (χ2v) is 6.56. The minimum atomic E-state index is -2.87. The molecule has 0 fully saturated rings. The number of nitrogens with one attached hydrogen (secondary N) is 2. The second kappa shape index (κ2) is 11.8. The quantitative estimate of drug-likeness (QED) is 0.298. The van der Waals surface area contributed by atoms with Gasteiger partial charge in [0.25, 0.3) is 0 Å². The molecule has 0 saturated heterocycles. The SMILES string of the molecule is CCNC(=NCc1cc(Br)ccc1OC(F)F)NCC(C)(C)OC.I. The maximum atomic E-state index is 12.5. The summed E-state index contributed by atoms with van der Waals surface area (Å²) in [5, 5.41) is 6.28. The summed E-state index contributed by atoms with van der Waals surface area (Å²) >= 11 is 3.33. The molecule has 2 N–H and O–H groups in total. The lowest BCUT2D eigenvalue weighted by molar-refractivity contribution is -0.0504. The van der Waals surface area contributed by atoms with Crippen molar-refractivity contribution in [1.82, 2.24) is 10.6 Å². The molecule has 5 nitrogen and oxygen atoms in total. The predicted molar refractivity (Wildman–Crippen MR) is 110 cm³/mol. The molecule has 0 amide bonds. The molecule has 9 heteroatoms. The molecule has 0 heterocycles. The van der Waals surface area contributed by atoms with Gasteiger partial charge in [-0.25, -0.2) is 4.99 Å². The van der Waals surface area contributed by atoms with Gasteiger partial charge in [-0.2, -0.15) is 8.78 Å². The van der Waals surface area contributed by atoms with Crippen molar-refractivity contribution >= 4 is 45.9 Å². The molecular weight excluding hydrogens is 511 g/mol. The van der Waals surface area contributed by atoms with E-state index in [9.17, 15) is 8.78 Å².